The summed E-state index contributed by atoms with van der Waals surface area (Å²) in [6.07, 6.45) is 0.0414. The van der Waals surface area contributed by atoms with Crippen LogP contribution in [0.3, 0.4) is 0 Å². The molecule has 2 rings (SSSR count). The van der Waals surface area contributed by atoms with E-state index >= 15 is 0 Å². The largest absolute Gasteiger partial charge is 0.380 e. The Balaban J connectivity index is 1.82. The Kier molecular flexibility index (Phi) is 4.29. The van der Waals surface area contributed by atoms with Gasteiger partial charge < -0.3 is 15.2 Å². The van der Waals surface area contributed by atoms with E-state index in [-0.39, 0.29) is 24.6 Å². The molecule has 1 aromatic carbocycles. The van der Waals surface area contributed by atoms with E-state index in [0.29, 0.717) is 11.6 Å². The quantitative estimate of drug-likeness (QED) is 0.884. The van der Waals surface area contributed by atoms with Crippen LogP contribution in [0.5, 0.6) is 0 Å². The molecule has 0 atom stereocenters. The highest BCUT2D eigenvalue weighted by molar-refractivity contribution is 5.89. The van der Waals surface area contributed by atoms with Gasteiger partial charge in [0.25, 0.3) is 0 Å². The van der Waals surface area contributed by atoms with Crippen molar-refractivity contribution in [1.29, 1.82) is 0 Å². The highest BCUT2D eigenvalue weighted by Gasteiger charge is 2.09. The monoisotopic (exact) mass is 281 g/mol. The fraction of sp³-hybridized carbons (Fsp3) is 0.231. The van der Waals surface area contributed by atoms with Crippen LogP contribution in [-0.4, -0.2) is 17.6 Å². The van der Waals surface area contributed by atoms with Crippen molar-refractivity contribution in [2.24, 2.45) is 0 Å². The van der Waals surface area contributed by atoms with Gasteiger partial charge in [-0.05, 0) is 19.1 Å². The third-order valence-corrected chi connectivity index (χ3v) is 2.51. The molecule has 0 aliphatic rings. The van der Waals surface area contributed by atoms with Crippen LogP contribution in [0.2, 0.25) is 0 Å². The second-order valence-electron chi connectivity index (χ2n) is 4.14. The van der Waals surface area contributed by atoms with Gasteiger partial charge in [0.15, 0.2) is 5.82 Å². The molecule has 0 unspecified atom stereocenters. The van der Waals surface area contributed by atoms with Crippen molar-refractivity contribution < 1.29 is 18.1 Å². The number of hydrogen-bond donors (Lipinski definition) is 2. The van der Waals surface area contributed by atoms with Gasteiger partial charge in [-0.25, -0.2) is 8.78 Å². The summed E-state index contributed by atoms with van der Waals surface area (Å²) in [6, 6.07) is 5.13. The first-order chi connectivity index (χ1) is 9.56. The number of nitrogens with zero attached hydrogens (tertiary/aromatic N) is 1. The SMILES string of the molecule is Cc1cc(NC(=O)CCNc2c(F)cccc2F)no1. The van der Waals surface area contributed by atoms with Crippen LogP contribution < -0.4 is 10.6 Å². The zero-order chi connectivity index (χ0) is 14.5. The number of benzene rings is 1. The maximum Gasteiger partial charge on any atom is 0.227 e. The van der Waals surface area contributed by atoms with Crippen LogP contribution >= 0.6 is 0 Å². The van der Waals surface area contributed by atoms with Gasteiger partial charge in [-0.2, -0.15) is 0 Å². The van der Waals surface area contributed by atoms with E-state index in [2.05, 4.69) is 15.8 Å². The summed E-state index contributed by atoms with van der Waals surface area (Å²) in [5.74, 6) is -0.839. The van der Waals surface area contributed by atoms with Crippen LogP contribution in [0.1, 0.15) is 12.2 Å². The lowest BCUT2D eigenvalue weighted by Crippen LogP contribution is -2.17. The summed E-state index contributed by atoms with van der Waals surface area (Å²) in [6.45, 7) is 1.80. The number of carbonyl (C=O) groups excluding carboxylic acids is 1. The molecule has 5 nitrogen and oxygen atoms in total. The molecule has 0 bridgehead atoms. The van der Waals surface area contributed by atoms with Gasteiger partial charge in [-0.15, -0.1) is 0 Å². The topological polar surface area (TPSA) is 67.2 Å². The molecule has 0 fully saturated rings. The normalized spacial score (nSPS) is 10.3. The predicted molar refractivity (Wildman–Crippen MR) is 69.3 cm³/mol. The standard InChI is InChI=1S/C13H13F2N3O2/c1-8-7-11(18-20-8)17-12(19)5-6-16-13-9(14)3-2-4-10(13)15/h2-4,7,16H,5-6H2,1H3,(H,17,18,19). The van der Waals surface area contributed by atoms with Crippen LogP contribution in [0.15, 0.2) is 28.8 Å². The lowest BCUT2D eigenvalue weighted by atomic mass is 10.3. The average molecular weight is 281 g/mol. The van der Waals surface area contributed by atoms with E-state index in [4.69, 9.17) is 4.52 Å². The number of rotatable bonds is 5. The average Bonchev–Trinajstić information content (AvgIpc) is 2.78. The molecule has 20 heavy (non-hydrogen) atoms. The van der Waals surface area contributed by atoms with Gasteiger partial charge in [0.2, 0.25) is 5.91 Å². The molecule has 0 aliphatic carbocycles. The summed E-state index contributed by atoms with van der Waals surface area (Å²) < 4.78 is 31.4. The van der Waals surface area contributed by atoms with E-state index in [1.165, 1.54) is 6.07 Å². The first-order valence-corrected chi connectivity index (χ1v) is 5.97. The van der Waals surface area contributed by atoms with E-state index < -0.39 is 11.6 Å². The minimum absolute atomic E-state index is 0.0414. The van der Waals surface area contributed by atoms with Gasteiger partial charge in [-0.1, -0.05) is 11.2 Å². The Hall–Kier alpha value is -2.44. The number of hydrogen-bond acceptors (Lipinski definition) is 4. The van der Waals surface area contributed by atoms with Crippen LogP contribution in [0, 0.1) is 18.6 Å². The molecule has 0 spiro atoms. The number of aromatic nitrogens is 1. The molecule has 1 aromatic heterocycles. The fourth-order valence-electron chi connectivity index (χ4n) is 1.60. The van der Waals surface area contributed by atoms with Crippen LogP contribution in [0.4, 0.5) is 20.3 Å². The second-order valence-corrected chi connectivity index (χ2v) is 4.14. The Labute approximate surface area is 114 Å². The van der Waals surface area contributed by atoms with Crippen molar-refractivity contribution in [3.8, 4) is 0 Å². The molecular weight excluding hydrogens is 268 g/mol. The van der Waals surface area contributed by atoms with Gasteiger partial charge in [-0.3, -0.25) is 4.79 Å². The van der Waals surface area contributed by atoms with Crippen molar-refractivity contribution in [2.45, 2.75) is 13.3 Å². The molecule has 0 saturated heterocycles. The maximum absolute atomic E-state index is 13.3. The number of carbonyl (C=O) groups is 1. The molecule has 0 aliphatic heterocycles. The van der Waals surface area contributed by atoms with Crippen LogP contribution in [-0.2, 0) is 4.79 Å². The van der Waals surface area contributed by atoms with Gasteiger partial charge in [0.05, 0.1) is 0 Å². The van der Waals surface area contributed by atoms with Crippen molar-refractivity contribution in [1.82, 2.24) is 5.16 Å². The first-order valence-electron chi connectivity index (χ1n) is 5.97. The van der Waals surface area contributed by atoms with Crippen molar-refractivity contribution in [3.05, 3.63) is 41.7 Å². The zero-order valence-corrected chi connectivity index (χ0v) is 10.7. The third-order valence-electron chi connectivity index (χ3n) is 2.51. The molecule has 2 N–H and O–H groups in total. The van der Waals surface area contributed by atoms with E-state index in [9.17, 15) is 13.6 Å². The first kappa shape index (κ1) is 14.0. The summed E-state index contributed by atoms with van der Waals surface area (Å²) in [5, 5.41) is 8.66. The number of halogens is 2. The summed E-state index contributed by atoms with van der Waals surface area (Å²) in [4.78, 5) is 11.6. The summed E-state index contributed by atoms with van der Waals surface area (Å²) >= 11 is 0. The summed E-state index contributed by atoms with van der Waals surface area (Å²) in [5.41, 5.74) is -0.238. The van der Waals surface area contributed by atoms with E-state index in [1.807, 2.05) is 0 Å². The Morgan fingerprint density at radius 2 is 2.05 bits per heavy atom. The third kappa shape index (κ3) is 3.53. The zero-order valence-electron chi connectivity index (χ0n) is 10.7. The lowest BCUT2D eigenvalue weighted by molar-refractivity contribution is -0.116. The van der Waals surface area contributed by atoms with Crippen molar-refractivity contribution in [2.75, 3.05) is 17.2 Å². The fourth-order valence-corrected chi connectivity index (χ4v) is 1.60. The highest BCUT2D eigenvalue weighted by Crippen LogP contribution is 2.17. The number of anilines is 2. The molecule has 1 amide bonds. The number of aryl methyl sites for hydroxylation is 1. The van der Waals surface area contributed by atoms with Gasteiger partial charge in [0, 0.05) is 19.0 Å². The Bertz CT molecular complexity index is 593. The molecule has 7 heteroatoms. The Morgan fingerprint density at radius 3 is 2.65 bits per heavy atom. The minimum Gasteiger partial charge on any atom is -0.380 e. The lowest BCUT2D eigenvalue weighted by Gasteiger charge is -2.08. The van der Waals surface area contributed by atoms with Crippen LogP contribution in [0.25, 0.3) is 0 Å². The van der Waals surface area contributed by atoms with Crippen molar-refractivity contribution >= 4 is 17.4 Å². The molecular formula is C13H13F2N3O2. The molecule has 1 heterocycles. The number of nitrogens with one attached hydrogen (secondary N) is 2. The minimum atomic E-state index is -0.697. The number of para-hydroxylation sites is 1. The molecule has 106 valence electrons. The smallest absolute Gasteiger partial charge is 0.227 e. The molecule has 0 saturated carbocycles. The van der Waals surface area contributed by atoms with Gasteiger partial charge >= 0.3 is 0 Å². The second kappa shape index (κ2) is 6.14. The maximum atomic E-state index is 13.3. The summed E-state index contributed by atoms with van der Waals surface area (Å²) in [7, 11) is 0. The number of amides is 1. The molecule has 0 radical (unpaired) electrons. The van der Waals surface area contributed by atoms with Crippen molar-refractivity contribution in [3.63, 3.8) is 0 Å². The Morgan fingerprint density at radius 1 is 1.35 bits per heavy atom. The van der Waals surface area contributed by atoms with E-state index in [0.717, 1.165) is 12.1 Å². The molecule has 2 aromatic rings. The van der Waals surface area contributed by atoms with Gasteiger partial charge in [0.1, 0.15) is 23.1 Å². The van der Waals surface area contributed by atoms with E-state index in [1.54, 1.807) is 13.0 Å². The highest BCUT2D eigenvalue weighted by atomic mass is 19.1. The predicted octanol–water partition coefficient (Wildman–Crippen LogP) is 2.70.